The molecule has 1 aliphatic heterocycles. The van der Waals surface area contributed by atoms with Crippen molar-refractivity contribution in [2.75, 3.05) is 13.7 Å². The second kappa shape index (κ2) is 7.70. The molecule has 1 atom stereocenters. The van der Waals surface area contributed by atoms with Crippen LogP contribution >= 0.6 is 0 Å². The quantitative estimate of drug-likeness (QED) is 0.791. The maximum Gasteiger partial charge on any atom is 0.337 e. The van der Waals surface area contributed by atoms with Crippen LogP contribution in [0, 0.1) is 6.92 Å². The Morgan fingerprint density at radius 2 is 2.00 bits per heavy atom. The molecule has 1 heterocycles. The number of rotatable bonds is 4. The zero-order chi connectivity index (χ0) is 17.8. The van der Waals surface area contributed by atoms with Gasteiger partial charge < -0.3 is 9.47 Å². The Balaban J connectivity index is 1.84. The second-order valence-electron chi connectivity index (χ2n) is 6.58. The predicted molar refractivity (Wildman–Crippen MR) is 97.8 cm³/mol. The predicted octanol–water partition coefficient (Wildman–Crippen LogP) is 3.95. The number of methoxy groups -OCH3 is 1. The number of esters is 1. The van der Waals surface area contributed by atoms with Crippen LogP contribution in [0.5, 0.6) is 5.75 Å². The minimum Gasteiger partial charge on any atom is -0.492 e. The van der Waals surface area contributed by atoms with E-state index >= 15 is 0 Å². The second-order valence-corrected chi connectivity index (χ2v) is 6.58. The van der Waals surface area contributed by atoms with E-state index in [1.54, 1.807) is 6.07 Å². The highest BCUT2D eigenvalue weighted by Crippen LogP contribution is 2.28. The fraction of sp³-hybridized carbons (Fsp3) is 0.381. The van der Waals surface area contributed by atoms with Gasteiger partial charge in [0, 0.05) is 24.7 Å². The minimum absolute atomic E-state index is 0.334. The first-order valence-corrected chi connectivity index (χ1v) is 8.74. The van der Waals surface area contributed by atoms with E-state index in [1.807, 2.05) is 12.1 Å². The van der Waals surface area contributed by atoms with E-state index in [9.17, 15) is 4.79 Å². The molecule has 4 nitrogen and oxygen atoms in total. The van der Waals surface area contributed by atoms with Gasteiger partial charge >= 0.3 is 5.97 Å². The maximum atomic E-state index is 11.8. The summed E-state index contributed by atoms with van der Waals surface area (Å²) in [5.41, 5.74) is 4.21. The molecule has 0 unspecified atom stereocenters. The standard InChI is InChI=1S/C21H25NO3/c1-4-19-14-25-20-11-17(21(23)24-3)9-10-18(20)13-22(19)12-16-7-5-15(2)6-8-16/h5-11,19H,4,12-14H2,1-3H3/t19-/m0/s1. The average Bonchev–Trinajstić information content (AvgIpc) is 2.81. The van der Waals surface area contributed by atoms with Crippen molar-refractivity contribution < 1.29 is 14.3 Å². The highest BCUT2D eigenvalue weighted by Gasteiger charge is 2.24. The first-order valence-electron chi connectivity index (χ1n) is 8.74. The average molecular weight is 339 g/mol. The third kappa shape index (κ3) is 4.02. The van der Waals surface area contributed by atoms with E-state index in [0.717, 1.165) is 30.8 Å². The van der Waals surface area contributed by atoms with Crippen LogP contribution in [-0.2, 0) is 17.8 Å². The van der Waals surface area contributed by atoms with E-state index in [1.165, 1.54) is 18.2 Å². The van der Waals surface area contributed by atoms with Crippen LogP contribution in [0.3, 0.4) is 0 Å². The molecule has 0 bridgehead atoms. The number of carbonyl (C=O) groups is 1. The highest BCUT2D eigenvalue weighted by molar-refractivity contribution is 5.89. The molecule has 0 aliphatic carbocycles. The summed E-state index contributed by atoms with van der Waals surface area (Å²) in [7, 11) is 1.39. The lowest BCUT2D eigenvalue weighted by molar-refractivity contribution is 0.0600. The van der Waals surface area contributed by atoms with Crippen molar-refractivity contribution in [1.29, 1.82) is 0 Å². The highest BCUT2D eigenvalue weighted by atomic mass is 16.5. The van der Waals surface area contributed by atoms with Crippen LogP contribution in [0.2, 0.25) is 0 Å². The summed E-state index contributed by atoms with van der Waals surface area (Å²) < 4.78 is 10.8. The van der Waals surface area contributed by atoms with Gasteiger partial charge in [-0.3, -0.25) is 4.90 Å². The Morgan fingerprint density at radius 3 is 2.68 bits per heavy atom. The molecule has 3 rings (SSSR count). The summed E-state index contributed by atoms with van der Waals surface area (Å²) in [5.74, 6) is 0.451. The van der Waals surface area contributed by atoms with Crippen molar-refractivity contribution in [3.63, 3.8) is 0 Å². The zero-order valence-electron chi connectivity index (χ0n) is 15.1. The third-order valence-electron chi connectivity index (χ3n) is 4.79. The summed E-state index contributed by atoms with van der Waals surface area (Å²) in [4.78, 5) is 14.2. The van der Waals surface area contributed by atoms with Crippen molar-refractivity contribution >= 4 is 5.97 Å². The van der Waals surface area contributed by atoms with Gasteiger partial charge in [0.15, 0.2) is 0 Å². The van der Waals surface area contributed by atoms with E-state index in [4.69, 9.17) is 9.47 Å². The Hall–Kier alpha value is -2.33. The number of hydrogen-bond acceptors (Lipinski definition) is 4. The van der Waals surface area contributed by atoms with Crippen molar-refractivity contribution in [1.82, 2.24) is 4.90 Å². The molecule has 2 aromatic rings. The Labute approximate surface area is 149 Å². The monoisotopic (exact) mass is 339 g/mol. The lowest BCUT2D eigenvalue weighted by Crippen LogP contribution is -2.36. The van der Waals surface area contributed by atoms with Gasteiger partial charge in [-0.15, -0.1) is 0 Å². The van der Waals surface area contributed by atoms with E-state index < -0.39 is 0 Å². The fourth-order valence-electron chi connectivity index (χ4n) is 3.19. The van der Waals surface area contributed by atoms with Crippen LogP contribution in [-0.4, -0.2) is 30.6 Å². The van der Waals surface area contributed by atoms with Crippen molar-refractivity contribution in [2.45, 2.75) is 39.4 Å². The summed E-state index contributed by atoms with van der Waals surface area (Å²) in [6, 6.07) is 14.6. The summed E-state index contributed by atoms with van der Waals surface area (Å²) >= 11 is 0. The number of carbonyl (C=O) groups excluding carboxylic acids is 1. The van der Waals surface area contributed by atoms with Crippen molar-refractivity contribution in [3.8, 4) is 5.75 Å². The normalized spacial score (nSPS) is 17.3. The van der Waals surface area contributed by atoms with E-state index in [-0.39, 0.29) is 5.97 Å². The Kier molecular flexibility index (Phi) is 5.39. The number of benzene rings is 2. The molecule has 25 heavy (non-hydrogen) atoms. The lowest BCUT2D eigenvalue weighted by Gasteiger charge is -2.28. The summed E-state index contributed by atoms with van der Waals surface area (Å²) in [6.45, 7) is 6.61. The molecular formula is C21H25NO3. The van der Waals surface area contributed by atoms with Crippen molar-refractivity contribution in [3.05, 3.63) is 64.7 Å². The van der Waals surface area contributed by atoms with Gasteiger partial charge in [-0.05, 0) is 31.0 Å². The van der Waals surface area contributed by atoms with E-state index in [2.05, 4.69) is 43.0 Å². The molecule has 0 fully saturated rings. The number of fused-ring (bicyclic) bond motifs is 1. The first-order chi connectivity index (χ1) is 12.1. The minimum atomic E-state index is -0.334. The number of nitrogens with zero attached hydrogens (tertiary/aromatic N) is 1. The Bertz CT molecular complexity index is 739. The van der Waals surface area contributed by atoms with Crippen LogP contribution < -0.4 is 4.74 Å². The van der Waals surface area contributed by atoms with Gasteiger partial charge in [-0.2, -0.15) is 0 Å². The van der Waals surface area contributed by atoms with E-state index in [0.29, 0.717) is 18.2 Å². The topological polar surface area (TPSA) is 38.8 Å². The molecule has 132 valence electrons. The SMILES string of the molecule is CC[C@H]1COc2cc(C(=O)OC)ccc2CN1Cc1ccc(C)cc1. The first kappa shape index (κ1) is 17.5. The number of aryl methyl sites for hydroxylation is 1. The smallest absolute Gasteiger partial charge is 0.337 e. The molecule has 2 aromatic carbocycles. The van der Waals surface area contributed by atoms with Crippen LogP contribution in [0.15, 0.2) is 42.5 Å². The molecule has 1 aliphatic rings. The maximum absolute atomic E-state index is 11.8. The summed E-state index contributed by atoms with van der Waals surface area (Å²) in [5, 5.41) is 0. The van der Waals surface area contributed by atoms with Gasteiger partial charge in [-0.25, -0.2) is 4.79 Å². The van der Waals surface area contributed by atoms with Gasteiger partial charge in [0.05, 0.1) is 12.7 Å². The van der Waals surface area contributed by atoms with Gasteiger partial charge in [0.1, 0.15) is 12.4 Å². The number of hydrogen-bond donors (Lipinski definition) is 0. The molecular weight excluding hydrogens is 314 g/mol. The molecule has 0 saturated heterocycles. The van der Waals surface area contributed by atoms with Crippen LogP contribution in [0.1, 0.15) is 40.4 Å². The Morgan fingerprint density at radius 1 is 1.24 bits per heavy atom. The molecule has 0 amide bonds. The van der Waals surface area contributed by atoms with Crippen molar-refractivity contribution in [2.24, 2.45) is 0 Å². The molecule has 0 aromatic heterocycles. The summed E-state index contributed by atoms with van der Waals surface area (Å²) in [6.07, 6.45) is 1.02. The van der Waals surface area contributed by atoms with Crippen LogP contribution in [0.4, 0.5) is 0 Å². The molecule has 0 saturated carbocycles. The third-order valence-corrected chi connectivity index (χ3v) is 4.79. The fourth-order valence-corrected chi connectivity index (χ4v) is 3.19. The van der Waals surface area contributed by atoms with Gasteiger partial charge in [0.2, 0.25) is 0 Å². The largest absolute Gasteiger partial charge is 0.492 e. The molecule has 4 heteroatoms. The lowest BCUT2D eigenvalue weighted by atomic mass is 10.1. The van der Waals surface area contributed by atoms with Crippen LogP contribution in [0.25, 0.3) is 0 Å². The zero-order valence-corrected chi connectivity index (χ0v) is 15.1. The molecule has 0 spiro atoms. The number of ether oxygens (including phenoxy) is 2. The van der Waals surface area contributed by atoms with Gasteiger partial charge in [-0.1, -0.05) is 42.8 Å². The molecule has 0 radical (unpaired) electrons. The van der Waals surface area contributed by atoms with Gasteiger partial charge in [0.25, 0.3) is 0 Å². The molecule has 0 N–H and O–H groups in total.